The maximum absolute atomic E-state index is 13.5. The molecule has 4 rings (SSSR count). The van der Waals surface area contributed by atoms with Crippen LogP contribution in [0.5, 0.6) is 5.75 Å². The average molecular weight is 593 g/mol. The molecule has 1 aromatic carbocycles. The van der Waals surface area contributed by atoms with Crippen molar-refractivity contribution in [3.63, 3.8) is 0 Å². The van der Waals surface area contributed by atoms with Gasteiger partial charge in [0.15, 0.2) is 5.71 Å². The summed E-state index contributed by atoms with van der Waals surface area (Å²) in [6.07, 6.45) is 3.82. The summed E-state index contributed by atoms with van der Waals surface area (Å²) in [6.45, 7) is 3.51. The molecule has 2 N–H and O–H groups in total. The molecule has 3 aromatic rings. The van der Waals surface area contributed by atoms with Crippen molar-refractivity contribution in [2.45, 2.75) is 42.1 Å². The van der Waals surface area contributed by atoms with Gasteiger partial charge in [-0.15, -0.1) is 0 Å². The number of aromatic nitrogens is 2. The maximum atomic E-state index is 13.5. The highest BCUT2D eigenvalue weighted by molar-refractivity contribution is 8.00. The zero-order valence-electron chi connectivity index (χ0n) is 23.2. The van der Waals surface area contributed by atoms with Crippen molar-refractivity contribution in [3.8, 4) is 17.6 Å². The topological polar surface area (TPSA) is 70.7 Å². The predicted octanol–water partition coefficient (Wildman–Crippen LogP) is 5.73. The van der Waals surface area contributed by atoms with Gasteiger partial charge in [-0.25, -0.2) is 9.09 Å². The third kappa shape index (κ3) is 7.35. The summed E-state index contributed by atoms with van der Waals surface area (Å²) in [5, 5.41) is 11.8. The van der Waals surface area contributed by atoms with Gasteiger partial charge in [0.25, 0.3) is 0 Å². The number of pyridine rings is 1. The number of hydrogen-bond acceptors (Lipinski definition) is 6. The Morgan fingerprint density at radius 2 is 1.93 bits per heavy atom. The second-order valence-electron chi connectivity index (χ2n) is 10.2. The van der Waals surface area contributed by atoms with Gasteiger partial charge in [0.1, 0.15) is 38.5 Å². The Kier molecular flexibility index (Phi) is 9.11. The number of halogens is 3. The van der Waals surface area contributed by atoms with Gasteiger partial charge in [-0.2, -0.15) is 18.3 Å². The Morgan fingerprint density at radius 1 is 1.20 bits per heavy atom. The Balaban J connectivity index is 1.58. The molecule has 0 radical (unpaired) electrons. The molecule has 0 amide bonds. The van der Waals surface area contributed by atoms with E-state index < -0.39 is 12.7 Å². The van der Waals surface area contributed by atoms with Gasteiger partial charge in [-0.05, 0) is 74.2 Å². The molecular formula is C28H34F3N5O2PS+. The molecule has 0 bridgehead atoms. The molecule has 1 fully saturated rings. The van der Waals surface area contributed by atoms with Gasteiger partial charge < -0.3 is 19.9 Å². The van der Waals surface area contributed by atoms with E-state index in [1.54, 1.807) is 43.7 Å². The van der Waals surface area contributed by atoms with Crippen molar-refractivity contribution in [2.24, 2.45) is 0 Å². The number of methoxy groups -OCH3 is 1. The lowest BCUT2D eigenvalue weighted by atomic mass is 9.93. The van der Waals surface area contributed by atoms with E-state index in [-0.39, 0.29) is 34.9 Å². The lowest BCUT2D eigenvalue weighted by molar-refractivity contribution is -0.467. The highest BCUT2D eigenvalue weighted by Gasteiger charge is 2.33. The minimum absolute atomic E-state index is 0.0286. The lowest BCUT2D eigenvalue weighted by Crippen LogP contribution is -2.29. The Labute approximate surface area is 236 Å². The second kappa shape index (κ2) is 12.2. The number of nitrogens with zero attached hydrogens (tertiary/aromatic N) is 3. The average Bonchev–Trinajstić information content (AvgIpc) is 3.23. The van der Waals surface area contributed by atoms with Gasteiger partial charge in [0, 0.05) is 24.2 Å². The van der Waals surface area contributed by atoms with E-state index in [9.17, 15) is 17.7 Å². The lowest BCUT2D eigenvalue weighted by Gasteiger charge is -2.24. The van der Waals surface area contributed by atoms with E-state index in [1.807, 2.05) is 20.2 Å². The molecule has 0 spiro atoms. The molecule has 0 aliphatic heterocycles. The SMILES string of the molecule is COc1cc(P(C)(C)=O)ccc1NCC#Cc1nn2c(NC3CCC(=[N+](C)C)CC3)cccc2c1SC(F)(F)F. The molecule has 2 heterocycles. The minimum Gasteiger partial charge on any atom is -0.495 e. The van der Waals surface area contributed by atoms with Crippen LogP contribution in [0.3, 0.4) is 0 Å². The van der Waals surface area contributed by atoms with Crippen molar-refractivity contribution < 1.29 is 27.0 Å². The van der Waals surface area contributed by atoms with Crippen molar-refractivity contribution in [3.05, 3.63) is 42.1 Å². The Morgan fingerprint density at radius 3 is 2.55 bits per heavy atom. The summed E-state index contributed by atoms with van der Waals surface area (Å²) in [5.41, 5.74) is -2.04. The van der Waals surface area contributed by atoms with Crippen LogP contribution in [0.1, 0.15) is 31.4 Å². The first-order valence-corrected chi connectivity index (χ1v) is 16.3. The van der Waals surface area contributed by atoms with Crippen LogP contribution in [0.25, 0.3) is 5.52 Å². The molecule has 214 valence electrons. The van der Waals surface area contributed by atoms with Crippen LogP contribution in [-0.2, 0) is 4.57 Å². The van der Waals surface area contributed by atoms with Crippen LogP contribution in [0, 0.1) is 11.8 Å². The van der Waals surface area contributed by atoms with Crippen molar-refractivity contribution in [1.29, 1.82) is 0 Å². The number of ether oxygens (including phenoxy) is 1. The molecule has 12 heteroatoms. The number of alkyl halides is 3. The number of fused-ring (bicyclic) bond motifs is 1. The maximum Gasteiger partial charge on any atom is 0.446 e. The third-order valence-corrected chi connectivity index (χ3v) is 9.12. The third-order valence-electron chi connectivity index (χ3n) is 6.76. The van der Waals surface area contributed by atoms with E-state index >= 15 is 0 Å². The van der Waals surface area contributed by atoms with Gasteiger partial charge in [-0.3, -0.25) is 0 Å². The van der Waals surface area contributed by atoms with Gasteiger partial charge in [-0.1, -0.05) is 12.0 Å². The van der Waals surface area contributed by atoms with Gasteiger partial charge in [0.05, 0.1) is 29.8 Å². The minimum atomic E-state index is -4.49. The molecule has 1 aliphatic carbocycles. The first-order valence-electron chi connectivity index (χ1n) is 12.9. The fraction of sp³-hybridized carbons (Fsp3) is 0.429. The fourth-order valence-electron chi connectivity index (χ4n) is 4.64. The first-order chi connectivity index (χ1) is 18.9. The number of anilines is 2. The molecule has 0 unspecified atom stereocenters. The zero-order chi connectivity index (χ0) is 29.1. The highest BCUT2D eigenvalue weighted by Crippen LogP contribution is 2.41. The number of thioether (sulfide) groups is 1. The van der Waals surface area contributed by atoms with Crippen LogP contribution in [0.2, 0.25) is 0 Å². The summed E-state index contributed by atoms with van der Waals surface area (Å²) in [7, 11) is 3.16. The fourth-order valence-corrected chi connectivity index (χ4v) is 6.18. The number of benzene rings is 1. The molecular weight excluding hydrogens is 558 g/mol. The zero-order valence-corrected chi connectivity index (χ0v) is 24.9. The van der Waals surface area contributed by atoms with Crippen LogP contribution >= 0.6 is 18.9 Å². The summed E-state index contributed by atoms with van der Waals surface area (Å²) in [4.78, 5) is -0.0286. The van der Waals surface area contributed by atoms with E-state index in [2.05, 4.69) is 32.1 Å². The largest absolute Gasteiger partial charge is 0.495 e. The molecule has 0 saturated heterocycles. The van der Waals surface area contributed by atoms with Crippen molar-refractivity contribution >= 4 is 46.9 Å². The van der Waals surface area contributed by atoms with Crippen LogP contribution in [-0.4, -0.2) is 72.5 Å². The molecule has 40 heavy (non-hydrogen) atoms. The van der Waals surface area contributed by atoms with Gasteiger partial charge >= 0.3 is 5.51 Å². The van der Waals surface area contributed by atoms with Crippen LogP contribution in [0.4, 0.5) is 24.7 Å². The van der Waals surface area contributed by atoms with Crippen LogP contribution < -0.4 is 20.7 Å². The standard InChI is InChI=1S/C28H34F3N5O2PS/c1-35(2)20-13-11-19(12-14-20)33-26-10-6-9-24-27(40-28(29,30)31)23(34-36(24)26)8-7-17-32-22-16-15-21(39(4,5)37)18-25(22)38-3/h6,9-10,15-16,18-19,32-33H,11-14,17H2,1-5H3/q+1. The van der Waals surface area contributed by atoms with E-state index in [4.69, 9.17) is 4.74 Å². The summed E-state index contributed by atoms with van der Waals surface area (Å²) >= 11 is -0.203. The molecule has 0 atom stereocenters. The number of hydrogen-bond donors (Lipinski definition) is 2. The van der Waals surface area contributed by atoms with E-state index in [0.717, 1.165) is 25.7 Å². The predicted molar refractivity (Wildman–Crippen MR) is 158 cm³/mol. The molecule has 7 nitrogen and oxygen atoms in total. The van der Waals surface area contributed by atoms with E-state index in [1.165, 1.54) is 17.3 Å². The highest BCUT2D eigenvalue weighted by atomic mass is 32.2. The number of nitrogens with one attached hydrogen (secondary N) is 2. The molecule has 2 aromatic heterocycles. The summed E-state index contributed by atoms with van der Waals surface area (Å²) < 4.78 is 62.1. The van der Waals surface area contributed by atoms with Crippen molar-refractivity contribution in [2.75, 3.05) is 51.7 Å². The summed E-state index contributed by atoms with van der Waals surface area (Å²) in [5.74, 6) is 6.88. The second-order valence-corrected chi connectivity index (χ2v) is 14.5. The molecule has 1 aliphatic rings. The van der Waals surface area contributed by atoms with E-state index in [0.29, 0.717) is 28.1 Å². The normalized spacial score (nSPS) is 15.9. The monoisotopic (exact) mass is 592 g/mol. The molecule has 1 saturated carbocycles. The van der Waals surface area contributed by atoms with Gasteiger partial charge in [0.2, 0.25) is 0 Å². The quantitative estimate of drug-likeness (QED) is 0.158. The van der Waals surface area contributed by atoms with Crippen LogP contribution in [0.15, 0.2) is 41.3 Å². The Bertz CT molecular complexity index is 1520. The number of rotatable bonds is 7. The first kappa shape index (κ1) is 29.9. The van der Waals surface area contributed by atoms with Crippen molar-refractivity contribution in [1.82, 2.24) is 9.61 Å². The Hall–Kier alpha value is -3.09. The summed E-state index contributed by atoms with van der Waals surface area (Å²) in [6, 6.07) is 10.6. The smallest absolute Gasteiger partial charge is 0.446 e.